The highest BCUT2D eigenvalue weighted by Gasteiger charge is 2.22. The first-order valence-corrected chi connectivity index (χ1v) is 8.10. The minimum absolute atomic E-state index is 0.0799. The molecule has 1 N–H and O–H groups in total. The lowest BCUT2D eigenvalue weighted by Gasteiger charge is -2.34. The number of hydrogen-bond acceptors (Lipinski definition) is 4. The van der Waals surface area contributed by atoms with Crippen molar-refractivity contribution in [3.05, 3.63) is 35.3 Å². The first-order chi connectivity index (χ1) is 11.4. The van der Waals surface area contributed by atoms with Crippen LogP contribution < -0.4 is 0 Å². The molecular weight excluding hydrogens is 308 g/mol. The average Bonchev–Trinajstić information content (AvgIpc) is 2.83. The number of imidazole rings is 1. The molecule has 1 aliphatic rings. The molecule has 3 heterocycles. The van der Waals surface area contributed by atoms with Crippen molar-refractivity contribution in [3.63, 3.8) is 0 Å². The van der Waals surface area contributed by atoms with Crippen LogP contribution in [-0.4, -0.2) is 62.3 Å². The lowest BCUT2D eigenvalue weighted by Crippen LogP contribution is -2.47. The van der Waals surface area contributed by atoms with Crippen molar-refractivity contribution in [3.8, 4) is 0 Å². The standard InChI is InChI=1S/C17H22N4O3/c1-12-3-4-21-15(14(10-17(23)24)18-16(21)9-12)11-19-5-7-20(8-6-19)13(2)22/h3-4,9H,5-8,10-11H2,1-2H3,(H,23,24). The van der Waals surface area contributed by atoms with E-state index in [2.05, 4.69) is 9.88 Å². The van der Waals surface area contributed by atoms with E-state index in [0.717, 1.165) is 30.0 Å². The van der Waals surface area contributed by atoms with Crippen LogP contribution in [0.1, 0.15) is 23.9 Å². The lowest BCUT2D eigenvalue weighted by molar-refractivity contribution is -0.136. The largest absolute Gasteiger partial charge is 0.481 e. The van der Waals surface area contributed by atoms with E-state index >= 15 is 0 Å². The Hall–Kier alpha value is -2.41. The molecule has 0 unspecified atom stereocenters. The third-order valence-electron chi connectivity index (χ3n) is 4.47. The molecule has 7 heteroatoms. The zero-order valence-corrected chi connectivity index (χ0v) is 14.0. The van der Waals surface area contributed by atoms with Crippen molar-refractivity contribution < 1.29 is 14.7 Å². The van der Waals surface area contributed by atoms with Crippen molar-refractivity contribution in [1.29, 1.82) is 0 Å². The summed E-state index contributed by atoms with van der Waals surface area (Å²) in [5.74, 6) is -0.774. The number of rotatable bonds is 4. The van der Waals surface area contributed by atoms with Gasteiger partial charge in [0.05, 0.1) is 17.8 Å². The predicted octanol–water partition coefficient (Wildman–Crippen LogP) is 0.934. The summed E-state index contributed by atoms with van der Waals surface area (Å²) in [5.41, 5.74) is 3.41. The van der Waals surface area contributed by atoms with E-state index in [-0.39, 0.29) is 12.3 Å². The second-order valence-electron chi connectivity index (χ2n) is 6.29. The topological polar surface area (TPSA) is 78.2 Å². The highest BCUT2D eigenvalue weighted by atomic mass is 16.4. The molecule has 0 atom stereocenters. The number of aromatic nitrogens is 2. The number of aryl methyl sites for hydroxylation is 1. The van der Waals surface area contributed by atoms with Gasteiger partial charge in [0.25, 0.3) is 0 Å². The molecule has 2 aromatic heterocycles. The van der Waals surface area contributed by atoms with E-state index < -0.39 is 5.97 Å². The fraction of sp³-hybridized carbons (Fsp3) is 0.471. The zero-order chi connectivity index (χ0) is 17.3. The number of piperazine rings is 1. The molecule has 1 aliphatic heterocycles. The number of aliphatic carboxylic acids is 1. The molecular formula is C17H22N4O3. The first-order valence-electron chi connectivity index (χ1n) is 8.10. The molecule has 1 amide bonds. The molecule has 2 aromatic rings. The summed E-state index contributed by atoms with van der Waals surface area (Å²) >= 11 is 0. The van der Waals surface area contributed by atoms with Gasteiger partial charge in [-0.05, 0) is 24.6 Å². The van der Waals surface area contributed by atoms with Crippen molar-refractivity contribution in [2.24, 2.45) is 0 Å². The number of carboxylic acid groups (broad SMARTS) is 1. The molecule has 0 radical (unpaired) electrons. The second kappa shape index (κ2) is 6.60. The number of carbonyl (C=O) groups excluding carboxylic acids is 1. The van der Waals surface area contributed by atoms with E-state index in [0.29, 0.717) is 25.3 Å². The van der Waals surface area contributed by atoms with Crippen molar-refractivity contribution in [1.82, 2.24) is 19.2 Å². The van der Waals surface area contributed by atoms with Gasteiger partial charge in [0.15, 0.2) is 0 Å². The second-order valence-corrected chi connectivity index (χ2v) is 6.29. The number of carbonyl (C=O) groups is 2. The van der Waals surface area contributed by atoms with Gasteiger partial charge < -0.3 is 14.4 Å². The molecule has 0 spiro atoms. The highest BCUT2D eigenvalue weighted by Crippen LogP contribution is 2.18. The minimum atomic E-state index is -0.877. The van der Waals surface area contributed by atoms with Gasteiger partial charge in [-0.25, -0.2) is 4.98 Å². The minimum Gasteiger partial charge on any atom is -0.481 e. The Morgan fingerprint density at radius 2 is 1.96 bits per heavy atom. The Bertz CT molecular complexity index is 775. The summed E-state index contributed by atoms with van der Waals surface area (Å²) in [7, 11) is 0. The summed E-state index contributed by atoms with van der Waals surface area (Å²) in [6.45, 7) is 7.20. The first kappa shape index (κ1) is 16.4. The van der Waals surface area contributed by atoms with E-state index in [9.17, 15) is 9.59 Å². The van der Waals surface area contributed by atoms with E-state index in [4.69, 9.17) is 5.11 Å². The molecule has 0 saturated carbocycles. The maximum absolute atomic E-state index is 11.4. The summed E-state index contributed by atoms with van der Waals surface area (Å²) < 4.78 is 1.97. The average molecular weight is 330 g/mol. The number of pyridine rings is 1. The zero-order valence-electron chi connectivity index (χ0n) is 14.0. The van der Waals surface area contributed by atoms with Crippen LogP contribution in [0.5, 0.6) is 0 Å². The van der Waals surface area contributed by atoms with E-state index in [1.807, 2.05) is 34.6 Å². The fourth-order valence-electron chi connectivity index (χ4n) is 3.13. The van der Waals surface area contributed by atoms with Crippen LogP contribution in [0.4, 0.5) is 0 Å². The summed E-state index contributed by atoms with van der Waals surface area (Å²) in [6.07, 6.45) is 1.87. The van der Waals surface area contributed by atoms with E-state index in [1.165, 1.54) is 0 Å². The molecule has 7 nitrogen and oxygen atoms in total. The van der Waals surface area contributed by atoms with Crippen LogP contribution in [0, 0.1) is 6.92 Å². The normalized spacial score (nSPS) is 15.8. The molecule has 3 rings (SSSR count). The summed E-state index contributed by atoms with van der Waals surface area (Å²) in [4.78, 5) is 31.2. The van der Waals surface area contributed by atoms with Gasteiger partial charge in [-0.3, -0.25) is 14.5 Å². The van der Waals surface area contributed by atoms with Crippen LogP contribution in [-0.2, 0) is 22.6 Å². The number of fused-ring (bicyclic) bond motifs is 1. The molecule has 1 saturated heterocycles. The molecule has 1 fully saturated rings. The highest BCUT2D eigenvalue weighted by molar-refractivity contribution is 5.73. The summed E-state index contributed by atoms with van der Waals surface area (Å²) in [6, 6.07) is 3.96. The Balaban J connectivity index is 1.85. The molecule has 128 valence electrons. The Kier molecular flexibility index (Phi) is 4.53. The molecule has 0 bridgehead atoms. The van der Waals surface area contributed by atoms with Crippen molar-refractivity contribution in [2.75, 3.05) is 26.2 Å². The van der Waals surface area contributed by atoms with Gasteiger partial charge in [-0.15, -0.1) is 0 Å². The molecule has 0 aliphatic carbocycles. The fourth-order valence-corrected chi connectivity index (χ4v) is 3.13. The number of amides is 1. The van der Waals surface area contributed by atoms with Crippen LogP contribution in [0.2, 0.25) is 0 Å². The number of carboxylic acids is 1. The maximum Gasteiger partial charge on any atom is 0.309 e. The van der Waals surface area contributed by atoms with Crippen LogP contribution in [0.3, 0.4) is 0 Å². The smallest absolute Gasteiger partial charge is 0.309 e. The lowest BCUT2D eigenvalue weighted by atomic mass is 10.2. The third kappa shape index (κ3) is 3.41. The summed E-state index contributed by atoms with van der Waals surface area (Å²) in [5, 5.41) is 9.17. The van der Waals surface area contributed by atoms with Gasteiger partial charge in [-0.2, -0.15) is 0 Å². The Morgan fingerprint density at radius 3 is 2.58 bits per heavy atom. The van der Waals surface area contributed by atoms with Crippen LogP contribution in [0.25, 0.3) is 5.65 Å². The van der Waals surface area contributed by atoms with Crippen molar-refractivity contribution >= 4 is 17.5 Å². The van der Waals surface area contributed by atoms with Gasteiger partial charge in [0, 0.05) is 45.8 Å². The van der Waals surface area contributed by atoms with E-state index in [1.54, 1.807) is 6.92 Å². The van der Waals surface area contributed by atoms with Crippen LogP contribution in [0.15, 0.2) is 18.3 Å². The monoisotopic (exact) mass is 330 g/mol. The van der Waals surface area contributed by atoms with Gasteiger partial charge in [-0.1, -0.05) is 0 Å². The van der Waals surface area contributed by atoms with Gasteiger partial charge in [0.2, 0.25) is 5.91 Å². The van der Waals surface area contributed by atoms with Crippen LogP contribution >= 0.6 is 0 Å². The Labute approximate surface area is 140 Å². The van der Waals surface area contributed by atoms with Gasteiger partial charge in [0.1, 0.15) is 5.65 Å². The molecule has 24 heavy (non-hydrogen) atoms. The Morgan fingerprint density at radius 1 is 1.25 bits per heavy atom. The molecule has 0 aromatic carbocycles. The number of nitrogens with zero attached hydrogens (tertiary/aromatic N) is 4. The maximum atomic E-state index is 11.4. The number of hydrogen-bond donors (Lipinski definition) is 1. The third-order valence-corrected chi connectivity index (χ3v) is 4.47. The quantitative estimate of drug-likeness (QED) is 0.902. The van der Waals surface area contributed by atoms with Crippen molar-refractivity contribution in [2.45, 2.75) is 26.8 Å². The SMILES string of the molecule is CC(=O)N1CCN(Cc2c(CC(=O)O)nc3cc(C)ccn23)CC1. The predicted molar refractivity (Wildman–Crippen MR) is 88.8 cm³/mol. The van der Waals surface area contributed by atoms with Gasteiger partial charge >= 0.3 is 5.97 Å².